The van der Waals surface area contributed by atoms with Crippen molar-refractivity contribution in [2.75, 3.05) is 0 Å². The zero-order valence-electron chi connectivity index (χ0n) is 12.1. The molecule has 1 N–H and O–H groups in total. The van der Waals surface area contributed by atoms with Crippen LogP contribution in [0.1, 0.15) is 61.3 Å². The molecule has 96 valence electrons. The number of hydrogen-bond donors (Lipinski definition) is 1. The van der Waals surface area contributed by atoms with E-state index in [1.54, 1.807) is 0 Å². The van der Waals surface area contributed by atoms with Gasteiger partial charge >= 0.3 is 0 Å². The normalized spacial score (nSPS) is 14.3. The first kappa shape index (κ1) is 15.5. The Morgan fingerprint density at radius 1 is 1.19 bits per heavy atom. The minimum absolute atomic E-state index is 0.136. The summed E-state index contributed by atoms with van der Waals surface area (Å²) >= 11 is 0. The number of nitrogens with one attached hydrogen (secondary N) is 1. The van der Waals surface area contributed by atoms with Crippen LogP contribution in [0.4, 0.5) is 0 Å². The molecule has 0 aromatic carbocycles. The predicted molar refractivity (Wildman–Crippen MR) is 70.3 cm³/mol. The summed E-state index contributed by atoms with van der Waals surface area (Å²) in [5.41, 5.74) is 0.253. The van der Waals surface area contributed by atoms with Gasteiger partial charge < -0.3 is 5.32 Å². The molecule has 2 nitrogen and oxygen atoms in total. The van der Waals surface area contributed by atoms with Crippen LogP contribution in [0.2, 0.25) is 0 Å². The van der Waals surface area contributed by atoms with Crippen LogP contribution in [0.15, 0.2) is 0 Å². The number of hydrogen-bond acceptors (Lipinski definition) is 1. The zero-order chi connectivity index (χ0) is 12.9. The second kappa shape index (κ2) is 6.27. The Morgan fingerprint density at radius 2 is 1.69 bits per heavy atom. The highest BCUT2D eigenvalue weighted by molar-refractivity contribution is 5.79. The molecule has 0 saturated heterocycles. The maximum Gasteiger partial charge on any atom is 0.223 e. The van der Waals surface area contributed by atoms with Crippen LogP contribution >= 0.6 is 0 Å². The van der Waals surface area contributed by atoms with Crippen LogP contribution in [-0.2, 0) is 4.79 Å². The van der Waals surface area contributed by atoms with Crippen molar-refractivity contribution in [2.45, 2.75) is 67.3 Å². The molecular weight excluding hydrogens is 198 g/mol. The van der Waals surface area contributed by atoms with Gasteiger partial charge in [0.05, 0.1) is 0 Å². The van der Waals surface area contributed by atoms with Crippen molar-refractivity contribution in [2.24, 2.45) is 17.3 Å². The van der Waals surface area contributed by atoms with E-state index >= 15 is 0 Å². The van der Waals surface area contributed by atoms with Crippen LogP contribution in [0.5, 0.6) is 0 Å². The van der Waals surface area contributed by atoms with Gasteiger partial charge in [0.2, 0.25) is 5.91 Å². The Hall–Kier alpha value is -0.530. The number of carbonyl (C=O) groups is 1. The molecule has 0 radical (unpaired) electrons. The molecule has 2 heteroatoms. The van der Waals surface area contributed by atoms with Crippen molar-refractivity contribution in [3.8, 4) is 0 Å². The highest BCUT2D eigenvalue weighted by atomic mass is 16.1. The fourth-order valence-electron chi connectivity index (χ4n) is 1.76. The first-order valence-corrected chi connectivity index (χ1v) is 6.50. The first-order chi connectivity index (χ1) is 7.19. The number of amides is 1. The maximum absolute atomic E-state index is 12.1. The fraction of sp³-hybridized carbons (Fsp3) is 0.929. The van der Waals surface area contributed by atoms with Gasteiger partial charge in [-0.15, -0.1) is 0 Å². The van der Waals surface area contributed by atoms with E-state index in [2.05, 4.69) is 39.9 Å². The molecule has 0 aromatic heterocycles. The van der Waals surface area contributed by atoms with Gasteiger partial charge in [0.15, 0.2) is 0 Å². The largest absolute Gasteiger partial charge is 0.354 e. The number of rotatable bonds is 6. The van der Waals surface area contributed by atoms with Crippen LogP contribution in [0.3, 0.4) is 0 Å². The lowest BCUT2D eigenvalue weighted by Crippen LogP contribution is -2.39. The molecule has 16 heavy (non-hydrogen) atoms. The summed E-state index contributed by atoms with van der Waals surface area (Å²) in [6, 6.07) is 0.235. The summed E-state index contributed by atoms with van der Waals surface area (Å²) in [7, 11) is 0. The van der Waals surface area contributed by atoms with Crippen LogP contribution < -0.4 is 5.32 Å². The van der Waals surface area contributed by atoms with Gasteiger partial charge in [0, 0.05) is 12.0 Å². The lowest BCUT2D eigenvalue weighted by molar-refractivity contribution is -0.128. The molecule has 0 aliphatic heterocycles. The molecule has 1 unspecified atom stereocenters. The van der Waals surface area contributed by atoms with Crippen molar-refractivity contribution in [1.29, 1.82) is 0 Å². The summed E-state index contributed by atoms with van der Waals surface area (Å²) in [5, 5.41) is 3.03. The molecule has 0 aromatic rings. The van der Waals surface area contributed by atoms with Crippen molar-refractivity contribution >= 4 is 5.91 Å². The SMILES string of the molecule is CCC(C)(C)CC(C(=O)NC(C)C)C(C)C. The van der Waals surface area contributed by atoms with Crippen molar-refractivity contribution in [1.82, 2.24) is 5.32 Å². The van der Waals surface area contributed by atoms with Crippen molar-refractivity contribution in [3.05, 3.63) is 0 Å². The molecule has 0 aliphatic carbocycles. The highest BCUT2D eigenvalue weighted by Crippen LogP contribution is 2.32. The van der Waals surface area contributed by atoms with Gasteiger partial charge in [0.1, 0.15) is 0 Å². The Kier molecular flexibility index (Phi) is 6.06. The minimum Gasteiger partial charge on any atom is -0.354 e. The monoisotopic (exact) mass is 227 g/mol. The summed E-state index contributed by atoms with van der Waals surface area (Å²) in [6.45, 7) is 15.0. The van der Waals surface area contributed by atoms with Gasteiger partial charge in [-0.3, -0.25) is 4.79 Å². The molecule has 0 spiro atoms. The van der Waals surface area contributed by atoms with Crippen LogP contribution in [0, 0.1) is 17.3 Å². The second-order valence-electron chi connectivity index (χ2n) is 6.24. The Labute approximate surface area is 101 Å². The Bertz CT molecular complexity index is 219. The van der Waals surface area contributed by atoms with E-state index < -0.39 is 0 Å². The Balaban J connectivity index is 4.56. The average Bonchev–Trinajstić information content (AvgIpc) is 2.12. The van der Waals surface area contributed by atoms with E-state index in [1.165, 1.54) is 0 Å². The smallest absolute Gasteiger partial charge is 0.223 e. The summed E-state index contributed by atoms with van der Waals surface area (Å²) in [5.74, 6) is 0.758. The van der Waals surface area contributed by atoms with Crippen LogP contribution in [-0.4, -0.2) is 11.9 Å². The van der Waals surface area contributed by atoms with Crippen LogP contribution in [0.25, 0.3) is 0 Å². The second-order valence-corrected chi connectivity index (χ2v) is 6.24. The molecule has 0 saturated carbocycles. The number of carbonyl (C=O) groups excluding carboxylic acids is 1. The summed E-state index contributed by atoms with van der Waals surface area (Å²) in [6.07, 6.45) is 2.09. The van der Waals surface area contributed by atoms with Gasteiger partial charge in [-0.25, -0.2) is 0 Å². The topological polar surface area (TPSA) is 29.1 Å². The van der Waals surface area contributed by atoms with Crippen molar-refractivity contribution in [3.63, 3.8) is 0 Å². The molecule has 0 bridgehead atoms. The molecule has 0 rings (SSSR count). The fourth-order valence-corrected chi connectivity index (χ4v) is 1.76. The average molecular weight is 227 g/mol. The third kappa shape index (κ3) is 5.53. The molecule has 1 amide bonds. The Morgan fingerprint density at radius 3 is 2.00 bits per heavy atom. The molecule has 0 fully saturated rings. The molecular formula is C14H29NO. The summed E-state index contributed by atoms with van der Waals surface area (Å²) in [4.78, 5) is 12.1. The first-order valence-electron chi connectivity index (χ1n) is 6.50. The molecule has 0 heterocycles. The van der Waals surface area contributed by atoms with E-state index in [0.717, 1.165) is 12.8 Å². The van der Waals surface area contributed by atoms with E-state index in [1.807, 2.05) is 13.8 Å². The van der Waals surface area contributed by atoms with Crippen molar-refractivity contribution < 1.29 is 4.79 Å². The molecule has 0 aliphatic rings. The minimum atomic E-state index is 0.136. The zero-order valence-corrected chi connectivity index (χ0v) is 12.1. The van der Waals surface area contributed by atoms with E-state index in [4.69, 9.17) is 0 Å². The van der Waals surface area contributed by atoms with E-state index in [9.17, 15) is 4.79 Å². The third-order valence-electron chi connectivity index (χ3n) is 3.30. The third-order valence-corrected chi connectivity index (χ3v) is 3.30. The lowest BCUT2D eigenvalue weighted by atomic mass is 9.76. The highest BCUT2D eigenvalue weighted by Gasteiger charge is 2.29. The van der Waals surface area contributed by atoms with Gasteiger partial charge in [-0.1, -0.05) is 41.0 Å². The standard InChI is InChI=1S/C14H29NO/c1-8-14(6,7)9-12(10(2)3)13(16)15-11(4)5/h10-12H,8-9H2,1-7H3,(H,15,16). The quantitative estimate of drug-likeness (QED) is 0.738. The van der Waals surface area contributed by atoms with Gasteiger partial charge in [-0.05, 0) is 31.6 Å². The predicted octanol–water partition coefficient (Wildman–Crippen LogP) is 3.61. The van der Waals surface area contributed by atoms with E-state index in [-0.39, 0.29) is 23.3 Å². The lowest BCUT2D eigenvalue weighted by Gasteiger charge is -2.30. The summed E-state index contributed by atoms with van der Waals surface area (Å²) < 4.78 is 0. The van der Waals surface area contributed by atoms with Gasteiger partial charge in [-0.2, -0.15) is 0 Å². The van der Waals surface area contributed by atoms with E-state index in [0.29, 0.717) is 5.92 Å². The molecule has 1 atom stereocenters. The van der Waals surface area contributed by atoms with Gasteiger partial charge in [0.25, 0.3) is 0 Å². The maximum atomic E-state index is 12.1.